The number of hydrogen-bond donors (Lipinski definition) is 1. The molecule has 0 radical (unpaired) electrons. The van der Waals surface area contributed by atoms with Crippen molar-refractivity contribution in [2.24, 2.45) is 5.92 Å². The van der Waals surface area contributed by atoms with E-state index in [2.05, 4.69) is 10.4 Å². The minimum atomic E-state index is -0.245. The van der Waals surface area contributed by atoms with E-state index >= 15 is 0 Å². The van der Waals surface area contributed by atoms with Crippen molar-refractivity contribution in [1.29, 1.82) is 0 Å². The number of carbonyl (C=O) groups excluding carboxylic acids is 2. The maximum atomic E-state index is 12.5. The van der Waals surface area contributed by atoms with Crippen LogP contribution in [0.3, 0.4) is 0 Å². The Kier molecular flexibility index (Phi) is 7.13. The third-order valence-corrected chi connectivity index (χ3v) is 5.00. The summed E-state index contributed by atoms with van der Waals surface area (Å²) in [6.45, 7) is 1.92. The molecule has 1 fully saturated rings. The van der Waals surface area contributed by atoms with Crippen LogP contribution in [-0.4, -0.2) is 59.8 Å². The van der Waals surface area contributed by atoms with E-state index in [0.29, 0.717) is 44.8 Å². The fourth-order valence-electron chi connectivity index (χ4n) is 3.35. The number of aromatic nitrogens is 2. The number of methoxy groups -OCH3 is 1. The zero-order chi connectivity index (χ0) is 20.6. The fraction of sp³-hybridized carbons (Fsp3) is 0.429. The molecular formula is C21H26N4O4. The van der Waals surface area contributed by atoms with Crippen molar-refractivity contribution in [1.82, 2.24) is 20.0 Å². The van der Waals surface area contributed by atoms with Gasteiger partial charge in [0.25, 0.3) is 5.56 Å². The molecule has 2 amide bonds. The highest BCUT2D eigenvalue weighted by Gasteiger charge is 2.29. The highest BCUT2D eigenvalue weighted by atomic mass is 16.5. The van der Waals surface area contributed by atoms with E-state index in [4.69, 9.17) is 4.74 Å². The van der Waals surface area contributed by atoms with E-state index in [1.807, 2.05) is 30.3 Å². The molecule has 0 spiro atoms. The third kappa shape index (κ3) is 5.51. The van der Waals surface area contributed by atoms with Gasteiger partial charge in [-0.05, 0) is 12.5 Å². The van der Waals surface area contributed by atoms with E-state index in [-0.39, 0.29) is 29.8 Å². The van der Waals surface area contributed by atoms with Crippen LogP contribution in [0.5, 0.6) is 0 Å². The smallest absolute Gasteiger partial charge is 0.266 e. The van der Waals surface area contributed by atoms with Gasteiger partial charge in [0, 0.05) is 44.8 Å². The molecule has 1 N–H and O–H groups in total. The molecule has 1 saturated heterocycles. The predicted molar refractivity (Wildman–Crippen MR) is 108 cm³/mol. The summed E-state index contributed by atoms with van der Waals surface area (Å²) in [5, 5.41) is 7.26. The van der Waals surface area contributed by atoms with Gasteiger partial charge in [0.2, 0.25) is 11.8 Å². The average Bonchev–Trinajstić information content (AvgIpc) is 2.75. The van der Waals surface area contributed by atoms with Crippen LogP contribution in [0.15, 0.2) is 47.3 Å². The lowest BCUT2D eigenvalue weighted by Gasteiger charge is -2.31. The Balaban J connectivity index is 1.55. The number of piperidine rings is 1. The monoisotopic (exact) mass is 398 g/mol. The zero-order valence-electron chi connectivity index (χ0n) is 16.5. The molecule has 8 nitrogen and oxygen atoms in total. The van der Waals surface area contributed by atoms with Gasteiger partial charge < -0.3 is 15.0 Å². The van der Waals surface area contributed by atoms with Crippen molar-refractivity contribution >= 4 is 11.8 Å². The molecule has 1 aliphatic rings. The molecule has 0 bridgehead atoms. The highest BCUT2D eigenvalue weighted by Crippen LogP contribution is 2.17. The van der Waals surface area contributed by atoms with Gasteiger partial charge in [0.15, 0.2) is 0 Å². The van der Waals surface area contributed by atoms with Gasteiger partial charge in [-0.25, -0.2) is 4.68 Å². The normalized spacial score (nSPS) is 16.7. The molecule has 3 rings (SSSR count). The van der Waals surface area contributed by atoms with Gasteiger partial charge in [-0.15, -0.1) is 0 Å². The third-order valence-electron chi connectivity index (χ3n) is 5.00. The maximum Gasteiger partial charge on any atom is 0.266 e. The summed E-state index contributed by atoms with van der Waals surface area (Å²) in [4.78, 5) is 38.2. The lowest BCUT2D eigenvalue weighted by molar-refractivity contribution is -0.138. The molecular weight excluding hydrogens is 372 g/mol. The fourth-order valence-corrected chi connectivity index (χ4v) is 3.35. The van der Waals surface area contributed by atoms with Crippen LogP contribution in [0.2, 0.25) is 0 Å². The van der Waals surface area contributed by atoms with Crippen molar-refractivity contribution in [2.45, 2.75) is 19.4 Å². The predicted octanol–water partition coefficient (Wildman–Crippen LogP) is 0.912. The molecule has 29 heavy (non-hydrogen) atoms. The number of hydrogen-bond acceptors (Lipinski definition) is 5. The Hall–Kier alpha value is -3.00. The number of carbonyl (C=O) groups is 2. The molecule has 1 atom stereocenters. The summed E-state index contributed by atoms with van der Waals surface area (Å²) >= 11 is 0. The summed E-state index contributed by atoms with van der Waals surface area (Å²) < 4.78 is 6.38. The van der Waals surface area contributed by atoms with Gasteiger partial charge in [0.1, 0.15) is 0 Å². The summed E-state index contributed by atoms with van der Waals surface area (Å²) in [5.41, 5.74) is 1.41. The van der Waals surface area contributed by atoms with E-state index in [9.17, 15) is 14.4 Å². The second kappa shape index (κ2) is 9.97. The largest absolute Gasteiger partial charge is 0.383 e. The lowest BCUT2D eigenvalue weighted by Crippen LogP contribution is -2.47. The van der Waals surface area contributed by atoms with Crippen LogP contribution in [0, 0.1) is 5.92 Å². The van der Waals surface area contributed by atoms with Gasteiger partial charge >= 0.3 is 0 Å². The number of nitrogens with zero attached hydrogens (tertiary/aromatic N) is 3. The SMILES string of the molecule is COCCN1C[C@@H](C(=O)NCCn2nc(-c3ccccc3)ccc2=O)CCC1=O. The van der Waals surface area contributed by atoms with Crippen molar-refractivity contribution in [3.8, 4) is 11.3 Å². The zero-order valence-corrected chi connectivity index (χ0v) is 16.5. The van der Waals surface area contributed by atoms with Crippen LogP contribution in [-0.2, 0) is 20.9 Å². The van der Waals surface area contributed by atoms with Crippen LogP contribution in [0.25, 0.3) is 11.3 Å². The summed E-state index contributed by atoms with van der Waals surface area (Å²) in [6, 6.07) is 12.8. The standard InChI is InChI=1S/C21H26N4O4/c1-29-14-13-24-15-17(7-9-19(24)26)21(28)22-11-12-25-20(27)10-8-18(23-25)16-5-3-2-4-6-16/h2-6,8,10,17H,7,9,11-15H2,1H3,(H,22,28)/t17-/m0/s1. The first-order valence-corrected chi connectivity index (χ1v) is 9.76. The molecule has 1 aromatic carbocycles. The highest BCUT2D eigenvalue weighted by molar-refractivity contribution is 5.83. The van der Waals surface area contributed by atoms with Crippen LogP contribution in [0.4, 0.5) is 0 Å². The maximum absolute atomic E-state index is 12.5. The minimum Gasteiger partial charge on any atom is -0.383 e. The lowest BCUT2D eigenvalue weighted by atomic mass is 9.96. The second-order valence-corrected chi connectivity index (χ2v) is 7.01. The van der Waals surface area contributed by atoms with Crippen LogP contribution >= 0.6 is 0 Å². The van der Waals surface area contributed by atoms with E-state index in [1.54, 1.807) is 18.1 Å². The molecule has 1 aromatic heterocycles. The molecule has 1 aliphatic heterocycles. The Bertz CT molecular complexity index is 897. The van der Waals surface area contributed by atoms with E-state index in [1.165, 1.54) is 10.7 Å². The first kappa shape index (κ1) is 20.7. The first-order valence-electron chi connectivity index (χ1n) is 9.76. The van der Waals surface area contributed by atoms with Crippen molar-refractivity contribution in [3.05, 3.63) is 52.8 Å². The topological polar surface area (TPSA) is 93.5 Å². The van der Waals surface area contributed by atoms with Crippen molar-refractivity contribution in [2.75, 3.05) is 33.4 Å². The molecule has 2 aromatic rings. The Labute approximate surface area is 169 Å². The molecule has 2 heterocycles. The van der Waals surface area contributed by atoms with Gasteiger partial charge in [-0.3, -0.25) is 14.4 Å². The molecule has 0 saturated carbocycles. The van der Waals surface area contributed by atoms with E-state index < -0.39 is 0 Å². The molecule has 8 heteroatoms. The van der Waals surface area contributed by atoms with Gasteiger partial charge in [0.05, 0.1) is 24.8 Å². The first-order chi connectivity index (χ1) is 14.1. The Morgan fingerprint density at radius 2 is 1.97 bits per heavy atom. The van der Waals surface area contributed by atoms with Crippen molar-refractivity contribution in [3.63, 3.8) is 0 Å². The van der Waals surface area contributed by atoms with Crippen LogP contribution < -0.4 is 10.9 Å². The Morgan fingerprint density at radius 1 is 1.17 bits per heavy atom. The van der Waals surface area contributed by atoms with Gasteiger partial charge in [-0.1, -0.05) is 30.3 Å². The second-order valence-electron chi connectivity index (χ2n) is 7.01. The summed E-state index contributed by atoms with van der Waals surface area (Å²) in [7, 11) is 1.58. The number of amides is 2. The number of nitrogens with one attached hydrogen (secondary N) is 1. The molecule has 0 unspecified atom stereocenters. The minimum absolute atomic E-state index is 0.0552. The van der Waals surface area contributed by atoms with Gasteiger partial charge in [-0.2, -0.15) is 5.10 Å². The van der Waals surface area contributed by atoms with Crippen molar-refractivity contribution < 1.29 is 14.3 Å². The molecule has 0 aliphatic carbocycles. The van der Waals surface area contributed by atoms with E-state index in [0.717, 1.165) is 5.56 Å². The average molecular weight is 398 g/mol. The summed E-state index contributed by atoms with van der Waals surface area (Å²) in [6.07, 6.45) is 0.901. The quantitative estimate of drug-likeness (QED) is 0.714. The summed E-state index contributed by atoms with van der Waals surface area (Å²) in [5.74, 6) is -0.295. The Morgan fingerprint density at radius 3 is 2.72 bits per heavy atom. The number of ether oxygens (including phenoxy) is 1. The van der Waals surface area contributed by atoms with Crippen LogP contribution in [0.1, 0.15) is 12.8 Å². The number of rotatable bonds is 8. The molecule has 154 valence electrons. The number of likely N-dealkylation sites (tertiary alicyclic amines) is 1. The number of benzene rings is 1.